The van der Waals surface area contributed by atoms with E-state index in [2.05, 4.69) is 35.9 Å². The lowest BCUT2D eigenvalue weighted by Gasteiger charge is -2.29. The quantitative estimate of drug-likeness (QED) is 0.767. The zero-order chi connectivity index (χ0) is 15.4. The van der Waals surface area contributed by atoms with Crippen LogP contribution in [0.15, 0.2) is 18.6 Å². The zero-order valence-electron chi connectivity index (χ0n) is 12.5. The summed E-state index contributed by atoms with van der Waals surface area (Å²) >= 11 is 0. The van der Waals surface area contributed by atoms with Gasteiger partial charge in [0.15, 0.2) is 0 Å². The lowest BCUT2D eigenvalue weighted by Crippen LogP contribution is -2.35. The summed E-state index contributed by atoms with van der Waals surface area (Å²) in [7, 11) is 19.2. The van der Waals surface area contributed by atoms with E-state index in [0.29, 0.717) is 5.92 Å². The number of nitrogens with zero attached hydrogens (tertiary/aromatic N) is 4. The molecule has 0 bridgehead atoms. The Morgan fingerprint density at radius 3 is 2.57 bits per heavy atom. The third-order valence-corrected chi connectivity index (χ3v) is 3.80. The summed E-state index contributed by atoms with van der Waals surface area (Å²) in [6.07, 6.45) is 5.55. The molecule has 6 radical (unpaired) electrons. The van der Waals surface area contributed by atoms with Crippen LogP contribution >= 0.6 is 0 Å². The molecule has 21 heavy (non-hydrogen) atoms. The van der Waals surface area contributed by atoms with E-state index in [1.807, 2.05) is 12.4 Å². The Morgan fingerprint density at radius 2 is 1.95 bits per heavy atom. The molecule has 2 aromatic rings. The summed E-state index contributed by atoms with van der Waals surface area (Å²) in [4.78, 5) is 6.55. The smallest absolute Gasteiger partial charge is 0.101 e. The van der Waals surface area contributed by atoms with Crippen molar-refractivity contribution in [3.63, 3.8) is 0 Å². The second-order valence-corrected chi connectivity index (χ2v) is 5.97. The highest BCUT2D eigenvalue weighted by Gasteiger charge is 2.28. The van der Waals surface area contributed by atoms with Crippen LogP contribution in [0.2, 0.25) is 0 Å². The van der Waals surface area contributed by atoms with Gasteiger partial charge < -0.3 is 4.90 Å². The lowest BCUT2D eigenvalue weighted by atomic mass is 9.49. The van der Waals surface area contributed by atoms with Gasteiger partial charge in [0, 0.05) is 43.3 Å². The van der Waals surface area contributed by atoms with Gasteiger partial charge in [-0.3, -0.25) is 9.67 Å². The van der Waals surface area contributed by atoms with E-state index in [1.54, 1.807) is 6.20 Å². The van der Waals surface area contributed by atoms with E-state index in [-0.39, 0.29) is 0 Å². The lowest BCUT2D eigenvalue weighted by molar-refractivity contribution is 0.673. The third-order valence-electron chi connectivity index (χ3n) is 3.80. The maximum atomic E-state index is 5.73. The molecule has 0 N–H and O–H groups in total. The molecule has 0 saturated carbocycles. The number of hydrogen-bond donors (Lipinski definition) is 0. The van der Waals surface area contributed by atoms with Crippen molar-refractivity contribution in [1.29, 1.82) is 0 Å². The highest BCUT2D eigenvalue weighted by Crippen LogP contribution is 2.41. The molecule has 3 rings (SSSR count). The fraction of sp³-hybridized carbons (Fsp3) is 0.429. The second-order valence-electron chi connectivity index (χ2n) is 5.97. The van der Waals surface area contributed by atoms with Crippen molar-refractivity contribution in [3.8, 4) is 11.3 Å². The van der Waals surface area contributed by atoms with Gasteiger partial charge in [-0.2, -0.15) is 5.10 Å². The van der Waals surface area contributed by atoms with Crippen LogP contribution in [0, 0.1) is 0 Å². The monoisotopic (exact) mass is 272 g/mol. The average molecular weight is 272 g/mol. The predicted molar refractivity (Wildman–Crippen MR) is 86.9 cm³/mol. The summed E-state index contributed by atoms with van der Waals surface area (Å²) in [5.74, 6) is 0.385. The fourth-order valence-corrected chi connectivity index (χ4v) is 2.78. The molecule has 2 aromatic heterocycles. The molecule has 0 fully saturated rings. The predicted octanol–water partition coefficient (Wildman–Crippen LogP) is 1.09. The van der Waals surface area contributed by atoms with Crippen molar-refractivity contribution < 1.29 is 0 Å². The standard InChI is InChI=1S/C14H15B3N4/c1-8(2)10-4-18-5-11-12-9(6-20(3)13(10)11)7-21(19-12)14(15,16)17/h4-5,7-8H,6H2,1-3H3. The molecular formula is C14H15B3N4. The molecule has 4 nitrogen and oxygen atoms in total. The SMILES string of the molecule is [B]C([B])([B])n1cc2c(n1)-c1cncc(C(C)C)c1N(C)C2. The third kappa shape index (κ3) is 2.28. The molecule has 3 heterocycles. The van der Waals surface area contributed by atoms with Gasteiger partial charge in [-0.15, -0.1) is 0 Å². The van der Waals surface area contributed by atoms with Gasteiger partial charge in [0.25, 0.3) is 0 Å². The van der Waals surface area contributed by atoms with Crippen LogP contribution in [0.1, 0.15) is 30.9 Å². The van der Waals surface area contributed by atoms with Crippen molar-refractivity contribution >= 4 is 29.2 Å². The molecule has 0 aromatic carbocycles. The van der Waals surface area contributed by atoms with Crippen molar-refractivity contribution in [2.45, 2.75) is 31.5 Å². The summed E-state index contributed by atoms with van der Waals surface area (Å²) in [6, 6.07) is 0. The van der Waals surface area contributed by atoms with Crippen molar-refractivity contribution in [1.82, 2.24) is 14.8 Å². The van der Waals surface area contributed by atoms with E-state index >= 15 is 0 Å². The Hall–Kier alpha value is -1.65. The summed E-state index contributed by atoms with van der Waals surface area (Å²) in [5.41, 5.74) is 5.25. The topological polar surface area (TPSA) is 34.0 Å². The number of fused-ring (bicyclic) bond motifs is 3. The van der Waals surface area contributed by atoms with Gasteiger partial charge >= 0.3 is 0 Å². The molecule has 1 aliphatic rings. The van der Waals surface area contributed by atoms with Crippen LogP contribution in [0.25, 0.3) is 11.3 Å². The van der Waals surface area contributed by atoms with Gasteiger partial charge in [0.2, 0.25) is 0 Å². The highest BCUT2D eigenvalue weighted by atomic mass is 15.3. The zero-order valence-corrected chi connectivity index (χ0v) is 12.5. The number of aromatic nitrogens is 3. The molecule has 1 aliphatic heterocycles. The first-order valence-corrected chi connectivity index (χ1v) is 6.94. The van der Waals surface area contributed by atoms with Crippen LogP contribution in [-0.4, -0.2) is 45.4 Å². The first-order chi connectivity index (χ1) is 9.79. The van der Waals surface area contributed by atoms with Crippen LogP contribution in [0.3, 0.4) is 0 Å². The van der Waals surface area contributed by atoms with E-state index < -0.39 is 5.24 Å². The van der Waals surface area contributed by atoms with Gasteiger partial charge in [0.1, 0.15) is 5.69 Å². The number of anilines is 1. The van der Waals surface area contributed by atoms with Crippen LogP contribution in [0.4, 0.5) is 5.69 Å². The number of rotatable bonds is 2. The largest absolute Gasteiger partial charge is 0.369 e. The van der Waals surface area contributed by atoms with Crippen molar-refractivity contribution in [3.05, 3.63) is 29.7 Å². The molecule has 7 heteroatoms. The van der Waals surface area contributed by atoms with Crippen LogP contribution in [0.5, 0.6) is 0 Å². The first-order valence-electron chi connectivity index (χ1n) is 6.94. The number of pyridine rings is 1. The van der Waals surface area contributed by atoms with Crippen LogP contribution < -0.4 is 4.90 Å². The maximum Gasteiger partial charge on any atom is 0.101 e. The Balaban J connectivity index is 2.22. The van der Waals surface area contributed by atoms with Crippen molar-refractivity contribution in [2.24, 2.45) is 0 Å². The van der Waals surface area contributed by atoms with Crippen molar-refractivity contribution in [2.75, 3.05) is 11.9 Å². The van der Waals surface area contributed by atoms with E-state index in [9.17, 15) is 0 Å². The minimum Gasteiger partial charge on any atom is -0.369 e. The average Bonchev–Trinajstić information content (AvgIpc) is 2.82. The Labute approximate surface area is 129 Å². The number of hydrogen-bond acceptors (Lipinski definition) is 3. The molecule has 100 valence electrons. The molecule has 0 atom stereocenters. The molecule has 0 unspecified atom stereocenters. The molecule has 0 amide bonds. The Kier molecular flexibility index (Phi) is 3.19. The molecule has 0 spiro atoms. The van der Waals surface area contributed by atoms with Gasteiger partial charge in [0.05, 0.1) is 29.2 Å². The summed E-state index contributed by atoms with van der Waals surface area (Å²) < 4.78 is 1.41. The second kappa shape index (κ2) is 4.68. The normalized spacial score (nSPS) is 14.2. The first kappa shape index (κ1) is 14.3. The maximum absolute atomic E-state index is 5.73. The molecule has 0 saturated heterocycles. The van der Waals surface area contributed by atoms with Gasteiger partial charge in [-0.25, -0.2) is 0 Å². The summed E-state index contributed by atoms with van der Waals surface area (Å²) in [6.45, 7) is 5.05. The van der Waals surface area contributed by atoms with Gasteiger partial charge in [-0.05, 0) is 16.7 Å². The minimum atomic E-state index is -1.50. The Morgan fingerprint density at radius 1 is 1.24 bits per heavy atom. The van der Waals surface area contributed by atoms with E-state index in [4.69, 9.17) is 23.5 Å². The summed E-state index contributed by atoms with van der Waals surface area (Å²) in [5, 5.41) is 2.97. The molecule has 0 aliphatic carbocycles. The fourth-order valence-electron chi connectivity index (χ4n) is 2.78. The van der Waals surface area contributed by atoms with Gasteiger partial charge in [-0.1, -0.05) is 13.8 Å². The highest BCUT2D eigenvalue weighted by molar-refractivity contribution is 6.56. The van der Waals surface area contributed by atoms with Crippen LogP contribution in [-0.2, 0) is 11.8 Å². The van der Waals surface area contributed by atoms with E-state index in [0.717, 1.165) is 29.1 Å². The Bertz CT molecular complexity index is 688. The van der Waals surface area contributed by atoms with E-state index in [1.165, 1.54) is 10.2 Å². The molecular weight excluding hydrogens is 257 g/mol. The minimum absolute atomic E-state index is 0.385.